The van der Waals surface area contributed by atoms with Crippen molar-refractivity contribution in [3.8, 4) is 11.5 Å². The molecule has 1 aromatic carbocycles. The van der Waals surface area contributed by atoms with Gasteiger partial charge in [0.15, 0.2) is 0 Å². The van der Waals surface area contributed by atoms with Gasteiger partial charge in [0.25, 0.3) is 0 Å². The first-order chi connectivity index (χ1) is 7.61. The van der Waals surface area contributed by atoms with Gasteiger partial charge in [-0.1, -0.05) is 23.2 Å². The van der Waals surface area contributed by atoms with Crippen molar-refractivity contribution in [1.29, 1.82) is 0 Å². The molecule has 84 valence electrons. The van der Waals surface area contributed by atoms with Crippen LogP contribution in [0.4, 0.5) is 0 Å². The number of hydrogen-bond donors (Lipinski definition) is 0. The third-order valence-corrected chi connectivity index (χ3v) is 2.98. The fourth-order valence-electron chi connectivity index (χ4n) is 1.33. The minimum atomic E-state index is 0.320. The SMILES string of the molecule is Cc1oc(-c2ccc(Cl)cc2Cl)nc1CCl. The summed E-state index contributed by atoms with van der Waals surface area (Å²) in [6.07, 6.45) is 0. The molecule has 0 saturated carbocycles. The lowest BCUT2D eigenvalue weighted by atomic mass is 10.2. The molecule has 0 fully saturated rings. The van der Waals surface area contributed by atoms with Crippen LogP contribution in [-0.4, -0.2) is 4.98 Å². The Morgan fingerprint density at radius 3 is 2.62 bits per heavy atom. The van der Waals surface area contributed by atoms with Gasteiger partial charge in [-0.25, -0.2) is 4.98 Å². The van der Waals surface area contributed by atoms with E-state index in [0.717, 1.165) is 5.69 Å². The quantitative estimate of drug-likeness (QED) is 0.743. The van der Waals surface area contributed by atoms with Crippen LogP contribution in [0.3, 0.4) is 0 Å². The van der Waals surface area contributed by atoms with E-state index in [-0.39, 0.29) is 0 Å². The Bertz CT molecular complexity index is 522. The molecular formula is C11H8Cl3NO. The molecule has 0 N–H and O–H groups in total. The van der Waals surface area contributed by atoms with E-state index in [1.54, 1.807) is 18.2 Å². The molecular weight excluding hydrogens is 268 g/mol. The lowest BCUT2D eigenvalue weighted by Crippen LogP contribution is -1.82. The van der Waals surface area contributed by atoms with E-state index in [0.29, 0.717) is 33.1 Å². The highest BCUT2D eigenvalue weighted by Gasteiger charge is 2.13. The molecule has 0 aliphatic carbocycles. The first-order valence-electron chi connectivity index (χ1n) is 4.59. The number of rotatable bonds is 2. The molecule has 0 aliphatic heterocycles. The smallest absolute Gasteiger partial charge is 0.228 e. The predicted molar refractivity (Wildman–Crippen MR) is 66.3 cm³/mol. The van der Waals surface area contributed by atoms with E-state index in [4.69, 9.17) is 39.2 Å². The van der Waals surface area contributed by atoms with Gasteiger partial charge in [-0.05, 0) is 25.1 Å². The molecule has 0 amide bonds. The number of nitrogens with zero attached hydrogens (tertiary/aromatic N) is 1. The lowest BCUT2D eigenvalue weighted by Gasteiger charge is -1.99. The number of halogens is 3. The van der Waals surface area contributed by atoms with Gasteiger partial charge in [0.2, 0.25) is 5.89 Å². The molecule has 0 saturated heterocycles. The van der Waals surface area contributed by atoms with Crippen molar-refractivity contribution < 1.29 is 4.42 Å². The van der Waals surface area contributed by atoms with E-state index in [1.807, 2.05) is 6.92 Å². The zero-order valence-electron chi connectivity index (χ0n) is 8.43. The van der Waals surface area contributed by atoms with Crippen molar-refractivity contribution in [2.24, 2.45) is 0 Å². The maximum atomic E-state index is 6.05. The van der Waals surface area contributed by atoms with Crippen molar-refractivity contribution in [3.63, 3.8) is 0 Å². The Hall–Kier alpha value is -0.700. The monoisotopic (exact) mass is 275 g/mol. The van der Waals surface area contributed by atoms with Crippen LogP contribution in [0.1, 0.15) is 11.5 Å². The van der Waals surface area contributed by atoms with Crippen molar-refractivity contribution >= 4 is 34.8 Å². The van der Waals surface area contributed by atoms with Crippen molar-refractivity contribution in [2.45, 2.75) is 12.8 Å². The van der Waals surface area contributed by atoms with E-state index in [9.17, 15) is 0 Å². The van der Waals surface area contributed by atoms with E-state index < -0.39 is 0 Å². The second-order valence-electron chi connectivity index (χ2n) is 3.28. The number of hydrogen-bond acceptors (Lipinski definition) is 2. The highest BCUT2D eigenvalue weighted by Crippen LogP contribution is 2.31. The maximum absolute atomic E-state index is 6.05. The summed E-state index contributed by atoms with van der Waals surface area (Å²) < 4.78 is 5.49. The van der Waals surface area contributed by atoms with Crippen molar-refractivity contribution in [2.75, 3.05) is 0 Å². The molecule has 0 spiro atoms. The Morgan fingerprint density at radius 2 is 2.06 bits per heavy atom. The van der Waals surface area contributed by atoms with Gasteiger partial charge >= 0.3 is 0 Å². The molecule has 2 rings (SSSR count). The Balaban J connectivity index is 2.50. The van der Waals surface area contributed by atoms with Crippen LogP contribution in [0.15, 0.2) is 22.6 Å². The molecule has 2 nitrogen and oxygen atoms in total. The van der Waals surface area contributed by atoms with Crippen LogP contribution in [0.25, 0.3) is 11.5 Å². The number of alkyl halides is 1. The summed E-state index contributed by atoms with van der Waals surface area (Å²) >= 11 is 17.6. The van der Waals surface area contributed by atoms with Gasteiger partial charge in [-0.2, -0.15) is 0 Å². The van der Waals surface area contributed by atoms with Crippen LogP contribution in [0.5, 0.6) is 0 Å². The molecule has 0 bridgehead atoms. The minimum absolute atomic E-state index is 0.320. The molecule has 5 heteroatoms. The average molecular weight is 277 g/mol. The molecule has 16 heavy (non-hydrogen) atoms. The van der Waals surface area contributed by atoms with Crippen LogP contribution >= 0.6 is 34.8 Å². The summed E-state index contributed by atoms with van der Waals surface area (Å²) in [5.74, 6) is 1.49. The van der Waals surface area contributed by atoms with E-state index in [1.165, 1.54) is 0 Å². The first kappa shape index (κ1) is 11.8. The summed E-state index contributed by atoms with van der Waals surface area (Å²) in [5, 5.41) is 1.09. The van der Waals surface area contributed by atoms with E-state index >= 15 is 0 Å². The van der Waals surface area contributed by atoms with Crippen LogP contribution in [-0.2, 0) is 5.88 Å². The Morgan fingerprint density at radius 1 is 1.31 bits per heavy atom. The average Bonchev–Trinajstić information content (AvgIpc) is 2.59. The van der Waals surface area contributed by atoms with Gasteiger partial charge in [-0.3, -0.25) is 0 Å². The maximum Gasteiger partial charge on any atom is 0.228 e. The molecule has 1 heterocycles. The summed E-state index contributed by atoms with van der Waals surface area (Å²) in [6, 6.07) is 5.16. The van der Waals surface area contributed by atoms with Gasteiger partial charge in [-0.15, -0.1) is 11.6 Å². The van der Waals surface area contributed by atoms with Gasteiger partial charge in [0.1, 0.15) is 5.76 Å². The third-order valence-electron chi connectivity index (χ3n) is 2.18. The summed E-state index contributed by atoms with van der Waals surface area (Å²) in [5.41, 5.74) is 1.44. The van der Waals surface area contributed by atoms with Crippen LogP contribution in [0.2, 0.25) is 10.0 Å². The molecule has 0 atom stereocenters. The molecule has 0 unspecified atom stereocenters. The highest BCUT2D eigenvalue weighted by molar-refractivity contribution is 6.36. The largest absolute Gasteiger partial charge is 0.441 e. The van der Waals surface area contributed by atoms with Gasteiger partial charge in [0, 0.05) is 5.02 Å². The molecule has 0 aliphatic rings. The highest BCUT2D eigenvalue weighted by atomic mass is 35.5. The zero-order chi connectivity index (χ0) is 11.7. The summed E-state index contributed by atoms with van der Waals surface area (Å²) in [6.45, 7) is 1.82. The Labute approximate surface area is 108 Å². The fraction of sp³-hybridized carbons (Fsp3) is 0.182. The molecule has 1 aromatic heterocycles. The van der Waals surface area contributed by atoms with Crippen LogP contribution in [0, 0.1) is 6.92 Å². The standard InChI is InChI=1S/C11H8Cl3NO/c1-6-10(5-12)15-11(16-6)8-3-2-7(13)4-9(8)14/h2-4H,5H2,1H3. The van der Waals surface area contributed by atoms with Crippen LogP contribution < -0.4 is 0 Å². The minimum Gasteiger partial charge on any atom is -0.441 e. The Kier molecular flexibility index (Phi) is 3.43. The number of aryl methyl sites for hydroxylation is 1. The second kappa shape index (κ2) is 4.66. The predicted octanol–water partition coefficient (Wildman–Crippen LogP) is 4.70. The first-order valence-corrected chi connectivity index (χ1v) is 5.88. The van der Waals surface area contributed by atoms with Crippen molar-refractivity contribution in [1.82, 2.24) is 4.98 Å². The lowest BCUT2D eigenvalue weighted by molar-refractivity contribution is 0.540. The van der Waals surface area contributed by atoms with Gasteiger partial charge < -0.3 is 4.42 Å². The van der Waals surface area contributed by atoms with Gasteiger partial charge in [0.05, 0.1) is 22.2 Å². The number of benzene rings is 1. The third kappa shape index (κ3) is 2.19. The number of aromatic nitrogens is 1. The molecule has 0 radical (unpaired) electrons. The normalized spacial score (nSPS) is 10.8. The zero-order valence-corrected chi connectivity index (χ0v) is 10.7. The fourth-order valence-corrected chi connectivity index (χ4v) is 2.07. The summed E-state index contributed by atoms with van der Waals surface area (Å²) in [4.78, 5) is 4.26. The van der Waals surface area contributed by atoms with E-state index in [2.05, 4.69) is 4.98 Å². The molecule has 2 aromatic rings. The van der Waals surface area contributed by atoms with Crippen molar-refractivity contribution in [3.05, 3.63) is 39.7 Å². The number of oxazole rings is 1. The topological polar surface area (TPSA) is 26.0 Å². The second-order valence-corrected chi connectivity index (χ2v) is 4.39. The summed E-state index contributed by atoms with van der Waals surface area (Å²) in [7, 11) is 0.